The molecule has 0 spiro atoms. The Labute approximate surface area is 194 Å². The Balaban J connectivity index is 1.45. The molecule has 1 heterocycles. The lowest BCUT2D eigenvalue weighted by molar-refractivity contribution is 0.0844. The van der Waals surface area contributed by atoms with Crippen molar-refractivity contribution in [2.45, 2.75) is 4.90 Å². The minimum atomic E-state index is -3.97. The molecule has 8 nitrogen and oxygen atoms in total. The van der Waals surface area contributed by atoms with Crippen molar-refractivity contribution in [3.8, 4) is 0 Å². The molecule has 0 bridgehead atoms. The number of anilines is 1. The number of fused-ring (bicyclic) bond motifs is 1. The van der Waals surface area contributed by atoms with E-state index in [-0.39, 0.29) is 21.8 Å². The number of hydrazine groups is 1. The van der Waals surface area contributed by atoms with Crippen LogP contribution in [-0.2, 0) is 10.0 Å². The number of amides is 2. The number of halogens is 1. The van der Waals surface area contributed by atoms with Crippen LogP contribution in [0.15, 0.2) is 89.8 Å². The Morgan fingerprint density at radius 2 is 1.55 bits per heavy atom. The minimum Gasteiger partial charge on any atom is -0.280 e. The van der Waals surface area contributed by atoms with Gasteiger partial charge in [-0.1, -0.05) is 48.0 Å². The molecule has 2 amide bonds. The Morgan fingerprint density at radius 3 is 2.36 bits per heavy atom. The minimum absolute atomic E-state index is 0.0377. The lowest BCUT2D eigenvalue weighted by Crippen LogP contribution is -2.42. The molecule has 33 heavy (non-hydrogen) atoms. The first-order valence-corrected chi connectivity index (χ1v) is 11.5. The number of nitrogens with zero attached hydrogens (tertiary/aromatic N) is 1. The van der Waals surface area contributed by atoms with E-state index in [4.69, 9.17) is 11.6 Å². The zero-order valence-corrected chi connectivity index (χ0v) is 18.5. The maximum Gasteiger partial charge on any atom is 0.288 e. The van der Waals surface area contributed by atoms with Crippen LogP contribution in [0, 0.1) is 0 Å². The van der Waals surface area contributed by atoms with Gasteiger partial charge in [0.15, 0.2) is 0 Å². The second-order valence-electron chi connectivity index (χ2n) is 6.94. The van der Waals surface area contributed by atoms with Gasteiger partial charge in [-0.2, -0.15) is 0 Å². The van der Waals surface area contributed by atoms with Crippen LogP contribution in [0.3, 0.4) is 0 Å². The summed E-state index contributed by atoms with van der Waals surface area (Å²) in [5.74, 6) is -1.30. The van der Waals surface area contributed by atoms with Crippen molar-refractivity contribution >= 4 is 50.0 Å². The average Bonchev–Trinajstić information content (AvgIpc) is 2.82. The van der Waals surface area contributed by atoms with E-state index in [9.17, 15) is 18.0 Å². The first-order chi connectivity index (χ1) is 15.8. The van der Waals surface area contributed by atoms with E-state index in [2.05, 4.69) is 20.6 Å². The number of carbonyl (C=O) groups is 2. The van der Waals surface area contributed by atoms with Gasteiger partial charge in [-0.25, -0.2) is 13.4 Å². The third-order valence-electron chi connectivity index (χ3n) is 4.60. The van der Waals surface area contributed by atoms with Crippen LogP contribution in [0.2, 0.25) is 5.02 Å². The summed E-state index contributed by atoms with van der Waals surface area (Å²) < 4.78 is 27.8. The summed E-state index contributed by atoms with van der Waals surface area (Å²) in [5.41, 5.74) is 5.64. The molecule has 1 aromatic heterocycles. The summed E-state index contributed by atoms with van der Waals surface area (Å²) in [4.78, 5) is 29.0. The number of aromatic nitrogens is 1. The molecule has 0 atom stereocenters. The second kappa shape index (κ2) is 9.27. The predicted molar refractivity (Wildman–Crippen MR) is 125 cm³/mol. The van der Waals surface area contributed by atoms with Crippen LogP contribution in [-0.4, -0.2) is 25.2 Å². The van der Waals surface area contributed by atoms with Crippen LogP contribution in [0.1, 0.15) is 20.8 Å². The van der Waals surface area contributed by atoms with E-state index in [1.807, 2.05) is 12.1 Å². The molecule has 0 saturated carbocycles. The first kappa shape index (κ1) is 22.3. The van der Waals surface area contributed by atoms with Crippen molar-refractivity contribution in [2.24, 2.45) is 0 Å². The number of benzene rings is 3. The number of hydrogen-bond acceptors (Lipinski definition) is 5. The monoisotopic (exact) mass is 480 g/mol. The van der Waals surface area contributed by atoms with Crippen LogP contribution < -0.4 is 15.6 Å². The lowest BCUT2D eigenvalue weighted by Gasteiger charge is -2.11. The molecule has 0 saturated heterocycles. The molecule has 10 heteroatoms. The summed E-state index contributed by atoms with van der Waals surface area (Å²) in [5, 5.41) is 1.25. The van der Waals surface area contributed by atoms with Gasteiger partial charge in [-0.05, 0) is 48.5 Å². The highest BCUT2D eigenvalue weighted by molar-refractivity contribution is 7.92. The van der Waals surface area contributed by atoms with Gasteiger partial charge in [0.25, 0.3) is 21.8 Å². The van der Waals surface area contributed by atoms with E-state index in [1.165, 1.54) is 30.3 Å². The number of para-hydroxylation sites is 1. The number of pyridine rings is 1. The largest absolute Gasteiger partial charge is 0.288 e. The third-order valence-corrected chi connectivity index (χ3v) is 6.22. The van der Waals surface area contributed by atoms with Crippen LogP contribution in [0.25, 0.3) is 10.9 Å². The number of rotatable bonds is 5. The fourth-order valence-electron chi connectivity index (χ4n) is 3.01. The van der Waals surface area contributed by atoms with E-state index in [1.54, 1.807) is 42.5 Å². The summed E-state index contributed by atoms with van der Waals surface area (Å²) >= 11 is 5.89. The molecule has 4 aromatic rings. The smallest absolute Gasteiger partial charge is 0.280 e. The van der Waals surface area contributed by atoms with Gasteiger partial charge in [0, 0.05) is 16.0 Å². The highest BCUT2D eigenvalue weighted by atomic mass is 35.5. The lowest BCUT2D eigenvalue weighted by atomic mass is 10.2. The van der Waals surface area contributed by atoms with Crippen LogP contribution >= 0.6 is 11.6 Å². The number of carbonyl (C=O) groups excluding carboxylic acids is 2. The summed E-state index contributed by atoms with van der Waals surface area (Å²) in [6, 6.07) is 22.2. The van der Waals surface area contributed by atoms with Gasteiger partial charge < -0.3 is 0 Å². The topological polar surface area (TPSA) is 117 Å². The van der Waals surface area contributed by atoms with Gasteiger partial charge in [0.2, 0.25) is 0 Å². The van der Waals surface area contributed by atoms with E-state index in [0.717, 1.165) is 5.39 Å². The molecule has 3 N–H and O–H groups in total. The highest BCUT2D eigenvalue weighted by Crippen LogP contribution is 2.20. The number of nitrogens with one attached hydrogen (secondary N) is 3. The van der Waals surface area contributed by atoms with Gasteiger partial charge in [0.05, 0.1) is 16.1 Å². The van der Waals surface area contributed by atoms with Crippen LogP contribution in [0.4, 0.5) is 5.69 Å². The maximum absolute atomic E-state index is 12.7. The molecule has 0 radical (unpaired) electrons. The Hall–Kier alpha value is -3.95. The molecular weight excluding hydrogens is 464 g/mol. The standard InChI is InChI=1S/C23H17ClN4O4S/c24-17-7-4-8-18(14-17)28-33(31,32)19-9-3-6-16(13-19)22(29)26-27-23(30)21-12-11-15-5-1-2-10-20(15)25-21/h1-14,28H,(H,26,29)(H,27,30). The number of hydrogen-bond donors (Lipinski definition) is 3. The second-order valence-corrected chi connectivity index (χ2v) is 9.06. The Kier molecular flexibility index (Phi) is 6.25. The van der Waals surface area contributed by atoms with Crippen molar-refractivity contribution in [1.29, 1.82) is 0 Å². The molecule has 166 valence electrons. The van der Waals surface area contributed by atoms with Gasteiger partial charge in [-0.3, -0.25) is 25.2 Å². The van der Waals surface area contributed by atoms with Crippen molar-refractivity contribution in [3.63, 3.8) is 0 Å². The average molecular weight is 481 g/mol. The fourth-order valence-corrected chi connectivity index (χ4v) is 4.30. The van der Waals surface area contributed by atoms with Gasteiger partial charge in [0.1, 0.15) is 5.69 Å². The Morgan fingerprint density at radius 1 is 0.788 bits per heavy atom. The summed E-state index contributed by atoms with van der Waals surface area (Å²) in [7, 11) is -3.97. The van der Waals surface area contributed by atoms with Crippen LogP contribution in [0.5, 0.6) is 0 Å². The van der Waals surface area contributed by atoms with E-state index >= 15 is 0 Å². The highest BCUT2D eigenvalue weighted by Gasteiger charge is 2.17. The molecule has 0 aliphatic heterocycles. The van der Waals surface area contributed by atoms with Gasteiger partial charge >= 0.3 is 0 Å². The molecule has 0 aliphatic rings. The number of sulfonamides is 1. The Bertz CT molecular complexity index is 1470. The molecular formula is C23H17ClN4O4S. The molecule has 3 aromatic carbocycles. The fraction of sp³-hybridized carbons (Fsp3) is 0. The van der Waals surface area contributed by atoms with Crippen molar-refractivity contribution < 1.29 is 18.0 Å². The quantitative estimate of drug-likeness (QED) is 0.376. The molecule has 0 fully saturated rings. The summed E-state index contributed by atoms with van der Waals surface area (Å²) in [6.07, 6.45) is 0. The molecule has 0 unspecified atom stereocenters. The van der Waals surface area contributed by atoms with Crippen molar-refractivity contribution in [2.75, 3.05) is 4.72 Å². The molecule has 0 aliphatic carbocycles. The van der Waals surface area contributed by atoms with E-state index < -0.39 is 21.8 Å². The van der Waals surface area contributed by atoms with Crippen molar-refractivity contribution in [3.05, 3.63) is 101 Å². The summed E-state index contributed by atoms with van der Waals surface area (Å²) in [6.45, 7) is 0. The zero-order valence-electron chi connectivity index (χ0n) is 16.9. The first-order valence-electron chi connectivity index (χ1n) is 9.67. The molecule has 4 rings (SSSR count). The van der Waals surface area contributed by atoms with E-state index in [0.29, 0.717) is 10.5 Å². The third kappa shape index (κ3) is 5.28. The van der Waals surface area contributed by atoms with Gasteiger partial charge in [-0.15, -0.1) is 0 Å². The normalized spacial score (nSPS) is 11.1. The van der Waals surface area contributed by atoms with Crippen molar-refractivity contribution in [1.82, 2.24) is 15.8 Å². The predicted octanol–water partition coefficient (Wildman–Crippen LogP) is 3.76. The SMILES string of the molecule is O=C(NNC(=O)c1ccc2ccccc2n1)c1cccc(S(=O)(=O)Nc2cccc(Cl)c2)c1. The maximum atomic E-state index is 12.7. The zero-order chi connectivity index (χ0) is 23.4.